The van der Waals surface area contributed by atoms with Crippen LogP contribution < -0.4 is 5.32 Å². The Kier molecular flexibility index (Phi) is 5.03. The summed E-state index contributed by atoms with van der Waals surface area (Å²) in [5.74, 6) is -0.00190. The molecule has 2 aromatic carbocycles. The number of anilines is 1. The minimum absolute atomic E-state index is 0.0459. The smallest absolute Gasteiger partial charge is 0.226 e. The van der Waals surface area contributed by atoms with Crippen LogP contribution in [0.1, 0.15) is 30.7 Å². The Morgan fingerprint density at radius 2 is 1.83 bits per heavy atom. The van der Waals surface area contributed by atoms with E-state index in [9.17, 15) is 9.18 Å². The SMILES string of the molecule is O=C(C[C@H]1CC[C@@H](c2ccccc2)CO1)Nc1ccc(F)cc1. The van der Waals surface area contributed by atoms with E-state index in [0.717, 1.165) is 12.8 Å². The predicted molar refractivity (Wildman–Crippen MR) is 87.8 cm³/mol. The van der Waals surface area contributed by atoms with E-state index >= 15 is 0 Å². The van der Waals surface area contributed by atoms with Gasteiger partial charge in [-0.2, -0.15) is 0 Å². The van der Waals surface area contributed by atoms with Crippen LogP contribution in [-0.2, 0) is 9.53 Å². The Labute approximate surface area is 135 Å². The normalized spacial score (nSPS) is 20.9. The molecule has 0 saturated carbocycles. The first-order valence-corrected chi connectivity index (χ1v) is 7.92. The molecule has 2 aromatic rings. The molecule has 0 spiro atoms. The molecular weight excluding hydrogens is 293 g/mol. The maximum atomic E-state index is 12.8. The van der Waals surface area contributed by atoms with Crippen LogP contribution in [0.15, 0.2) is 54.6 Å². The summed E-state index contributed by atoms with van der Waals surface area (Å²) in [6.07, 6.45) is 2.18. The molecule has 3 nitrogen and oxygen atoms in total. The molecule has 0 aromatic heterocycles. The van der Waals surface area contributed by atoms with Crippen molar-refractivity contribution in [2.45, 2.75) is 31.3 Å². The van der Waals surface area contributed by atoms with Crippen molar-refractivity contribution in [2.75, 3.05) is 11.9 Å². The highest BCUT2D eigenvalue weighted by Gasteiger charge is 2.24. The Morgan fingerprint density at radius 3 is 2.48 bits per heavy atom. The Balaban J connectivity index is 1.47. The number of benzene rings is 2. The second kappa shape index (κ2) is 7.38. The standard InChI is InChI=1S/C19H20FNO2/c20-16-7-9-17(10-8-16)21-19(22)12-18-11-6-15(13-23-18)14-4-2-1-3-5-14/h1-5,7-10,15,18H,6,11-13H2,(H,21,22)/t15-,18-/m1/s1. The van der Waals surface area contributed by atoms with E-state index in [1.54, 1.807) is 12.1 Å². The van der Waals surface area contributed by atoms with Crippen molar-refractivity contribution in [2.24, 2.45) is 0 Å². The van der Waals surface area contributed by atoms with E-state index in [2.05, 4.69) is 17.4 Å². The maximum Gasteiger partial charge on any atom is 0.226 e. The zero-order valence-electron chi connectivity index (χ0n) is 12.9. The molecule has 4 heteroatoms. The molecule has 0 unspecified atom stereocenters. The van der Waals surface area contributed by atoms with Gasteiger partial charge in [-0.25, -0.2) is 4.39 Å². The lowest BCUT2D eigenvalue weighted by atomic mass is 9.90. The lowest BCUT2D eigenvalue weighted by molar-refractivity contribution is -0.120. The van der Waals surface area contributed by atoms with Crippen molar-refractivity contribution < 1.29 is 13.9 Å². The van der Waals surface area contributed by atoms with Crippen LogP contribution in [0.3, 0.4) is 0 Å². The predicted octanol–water partition coefficient (Wildman–Crippen LogP) is 4.12. The third-order valence-electron chi connectivity index (χ3n) is 4.18. The quantitative estimate of drug-likeness (QED) is 0.922. The lowest BCUT2D eigenvalue weighted by Gasteiger charge is -2.29. The molecule has 0 radical (unpaired) electrons. The summed E-state index contributed by atoms with van der Waals surface area (Å²) in [7, 11) is 0. The number of hydrogen-bond donors (Lipinski definition) is 1. The van der Waals surface area contributed by atoms with Crippen LogP contribution in [0.2, 0.25) is 0 Å². The van der Waals surface area contributed by atoms with Gasteiger partial charge in [-0.1, -0.05) is 30.3 Å². The fourth-order valence-electron chi connectivity index (χ4n) is 2.91. The number of carbonyl (C=O) groups excluding carboxylic acids is 1. The Morgan fingerprint density at radius 1 is 1.09 bits per heavy atom. The van der Waals surface area contributed by atoms with Gasteiger partial charge in [0, 0.05) is 11.6 Å². The van der Waals surface area contributed by atoms with Crippen molar-refractivity contribution in [3.8, 4) is 0 Å². The molecule has 1 aliphatic heterocycles. The summed E-state index contributed by atoms with van der Waals surface area (Å²) in [6.45, 7) is 0.651. The van der Waals surface area contributed by atoms with Crippen LogP contribution in [0.25, 0.3) is 0 Å². The molecule has 1 aliphatic rings. The molecule has 120 valence electrons. The minimum atomic E-state index is -0.314. The second-order valence-electron chi connectivity index (χ2n) is 5.90. The number of hydrogen-bond acceptors (Lipinski definition) is 2. The average molecular weight is 313 g/mol. The number of nitrogens with one attached hydrogen (secondary N) is 1. The van der Waals surface area contributed by atoms with Crippen molar-refractivity contribution in [1.29, 1.82) is 0 Å². The van der Waals surface area contributed by atoms with Crippen LogP contribution in [0.4, 0.5) is 10.1 Å². The molecule has 1 saturated heterocycles. The van der Waals surface area contributed by atoms with E-state index in [-0.39, 0.29) is 17.8 Å². The minimum Gasteiger partial charge on any atom is -0.377 e. The first-order chi connectivity index (χ1) is 11.2. The molecule has 2 atom stereocenters. The number of amides is 1. The molecule has 1 N–H and O–H groups in total. The summed E-state index contributed by atoms with van der Waals surface area (Å²) >= 11 is 0. The monoisotopic (exact) mass is 313 g/mol. The van der Waals surface area contributed by atoms with Gasteiger partial charge in [0.05, 0.1) is 19.1 Å². The summed E-state index contributed by atoms with van der Waals surface area (Å²) in [5, 5.41) is 2.77. The van der Waals surface area contributed by atoms with Crippen molar-refractivity contribution >= 4 is 11.6 Å². The first-order valence-electron chi connectivity index (χ1n) is 7.92. The van der Waals surface area contributed by atoms with Gasteiger partial charge in [-0.15, -0.1) is 0 Å². The molecule has 0 aliphatic carbocycles. The molecule has 1 fully saturated rings. The van der Waals surface area contributed by atoms with Crippen LogP contribution in [0, 0.1) is 5.82 Å². The molecule has 1 heterocycles. The lowest BCUT2D eigenvalue weighted by Crippen LogP contribution is -2.29. The molecule has 1 amide bonds. The van der Waals surface area contributed by atoms with Gasteiger partial charge in [-0.05, 0) is 42.7 Å². The maximum absolute atomic E-state index is 12.8. The second-order valence-corrected chi connectivity index (χ2v) is 5.90. The molecule has 23 heavy (non-hydrogen) atoms. The zero-order chi connectivity index (χ0) is 16.1. The topological polar surface area (TPSA) is 38.3 Å². The highest BCUT2D eigenvalue weighted by Crippen LogP contribution is 2.29. The molecule has 0 bridgehead atoms. The number of ether oxygens (including phenoxy) is 1. The largest absolute Gasteiger partial charge is 0.377 e. The number of carbonyl (C=O) groups is 1. The highest BCUT2D eigenvalue weighted by molar-refractivity contribution is 5.90. The number of rotatable bonds is 4. The van der Waals surface area contributed by atoms with E-state index in [4.69, 9.17) is 4.74 Å². The van der Waals surface area contributed by atoms with E-state index in [1.165, 1.54) is 17.7 Å². The van der Waals surface area contributed by atoms with Crippen molar-refractivity contribution in [3.63, 3.8) is 0 Å². The third kappa shape index (κ3) is 4.39. The van der Waals surface area contributed by atoms with Crippen LogP contribution in [0.5, 0.6) is 0 Å². The molecule has 3 rings (SSSR count). The highest BCUT2D eigenvalue weighted by atomic mass is 19.1. The molecular formula is C19H20FNO2. The van der Waals surface area contributed by atoms with Gasteiger partial charge in [0.25, 0.3) is 0 Å². The zero-order valence-corrected chi connectivity index (χ0v) is 12.9. The van der Waals surface area contributed by atoms with Gasteiger partial charge < -0.3 is 10.1 Å². The van der Waals surface area contributed by atoms with Gasteiger partial charge in [0.15, 0.2) is 0 Å². The van der Waals surface area contributed by atoms with Gasteiger partial charge in [0.1, 0.15) is 5.82 Å². The van der Waals surface area contributed by atoms with Gasteiger partial charge in [-0.3, -0.25) is 4.79 Å². The first kappa shape index (κ1) is 15.7. The van der Waals surface area contributed by atoms with Crippen molar-refractivity contribution in [3.05, 3.63) is 66.0 Å². The summed E-state index contributed by atoms with van der Waals surface area (Å²) in [6, 6.07) is 16.1. The fraction of sp³-hybridized carbons (Fsp3) is 0.316. The fourth-order valence-corrected chi connectivity index (χ4v) is 2.91. The van der Waals surface area contributed by atoms with E-state index in [1.807, 2.05) is 18.2 Å². The summed E-state index contributed by atoms with van der Waals surface area (Å²) < 4.78 is 18.7. The van der Waals surface area contributed by atoms with Gasteiger partial charge >= 0.3 is 0 Å². The third-order valence-corrected chi connectivity index (χ3v) is 4.18. The van der Waals surface area contributed by atoms with Crippen molar-refractivity contribution in [1.82, 2.24) is 0 Å². The average Bonchev–Trinajstić information content (AvgIpc) is 2.58. The Bertz CT molecular complexity index is 634. The van der Waals surface area contributed by atoms with E-state index < -0.39 is 0 Å². The number of halogens is 1. The van der Waals surface area contributed by atoms with Gasteiger partial charge in [0.2, 0.25) is 5.91 Å². The Hall–Kier alpha value is -2.20. The van der Waals surface area contributed by atoms with E-state index in [0.29, 0.717) is 24.6 Å². The van der Waals surface area contributed by atoms with Crippen LogP contribution >= 0.6 is 0 Å². The summed E-state index contributed by atoms with van der Waals surface area (Å²) in [4.78, 5) is 12.0. The summed E-state index contributed by atoms with van der Waals surface area (Å²) in [5.41, 5.74) is 1.90. The van der Waals surface area contributed by atoms with Crippen LogP contribution in [-0.4, -0.2) is 18.6 Å².